The van der Waals surface area contributed by atoms with Crippen LogP contribution in [-0.4, -0.2) is 46.4 Å². The molecular formula is C18H28N6. The lowest BCUT2D eigenvalue weighted by atomic mass is 10.1. The Hall–Kier alpha value is -1.95. The van der Waals surface area contributed by atoms with Gasteiger partial charge in [0.05, 0.1) is 17.9 Å². The molecule has 0 aliphatic carbocycles. The fourth-order valence-electron chi connectivity index (χ4n) is 3.30. The Kier molecular flexibility index (Phi) is 5.14. The van der Waals surface area contributed by atoms with Crippen LogP contribution < -0.4 is 10.2 Å². The summed E-state index contributed by atoms with van der Waals surface area (Å²) in [6.07, 6.45) is 2.86. The molecular weight excluding hydrogens is 300 g/mol. The number of anilines is 1. The fourth-order valence-corrected chi connectivity index (χ4v) is 3.30. The van der Waals surface area contributed by atoms with Crippen molar-refractivity contribution in [2.75, 3.05) is 31.6 Å². The maximum absolute atomic E-state index is 4.84. The summed E-state index contributed by atoms with van der Waals surface area (Å²) in [7, 11) is 2.13. The molecule has 130 valence electrons. The maximum atomic E-state index is 4.84. The molecule has 0 spiro atoms. The van der Waals surface area contributed by atoms with Crippen molar-refractivity contribution in [1.29, 1.82) is 0 Å². The molecule has 0 fully saturated rings. The lowest BCUT2D eigenvalue weighted by Crippen LogP contribution is -2.27. The molecule has 3 rings (SSSR count). The summed E-state index contributed by atoms with van der Waals surface area (Å²) >= 11 is 0. The van der Waals surface area contributed by atoms with Gasteiger partial charge in [-0.25, -0.2) is 9.97 Å². The molecule has 0 amide bonds. The number of likely N-dealkylation sites (N-methyl/N-ethyl adjacent to an activating group) is 1. The molecule has 0 saturated carbocycles. The van der Waals surface area contributed by atoms with Gasteiger partial charge in [-0.05, 0) is 32.9 Å². The van der Waals surface area contributed by atoms with E-state index in [9.17, 15) is 0 Å². The second-order valence-electron chi connectivity index (χ2n) is 6.56. The van der Waals surface area contributed by atoms with Gasteiger partial charge in [0.25, 0.3) is 0 Å². The monoisotopic (exact) mass is 328 g/mol. The fraction of sp³-hybridized carbons (Fsp3) is 0.611. The van der Waals surface area contributed by atoms with Gasteiger partial charge in [0, 0.05) is 44.2 Å². The van der Waals surface area contributed by atoms with Crippen molar-refractivity contribution in [3.63, 3.8) is 0 Å². The average molecular weight is 328 g/mol. The minimum atomic E-state index is 0.870. The minimum Gasteiger partial charge on any atom is -0.357 e. The van der Waals surface area contributed by atoms with Gasteiger partial charge in [-0.3, -0.25) is 4.68 Å². The van der Waals surface area contributed by atoms with Gasteiger partial charge in [-0.15, -0.1) is 0 Å². The normalized spacial score (nSPS) is 14.3. The van der Waals surface area contributed by atoms with E-state index >= 15 is 0 Å². The highest BCUT2D eigenvalue weighted by atomic mass is 15.3. The SMILES string of the molecule is CCc1nc2c(c(N(C)CCn3nc(C)cc3C)n1)CCNCC2. The van der Waals surface area contributed by atoms with E-state index in [1.54, 1.807) is 0 Å². The van der Waals surface area contributed by atoms with Crippen LogP contribution in [0.25, 0.3) is 0 Å². The van der Waals surface area contributed by atoms with E-state index in [1.807, 2.05) is 6.92 Å². The van der Waals surface area contributed by atoms with Crippen LogP contribution in [0.4, 0.5) is 5.82 Å². The zero-order valence-electron chi connectivity index (χ0n) is 15.3. The Morgan fingerprint density at radius 1 is 1.21 bits per heavy atom. The molecule has 1 aliphatic heterocycles. The number of aromatic nitrogens is 4. The highest BCUT2D eigenvalue weighted by Gasteiger charge is 2.18. The van der Waals surface area contributed by atoms with E-state index in [-0.39, 0.29) is 0 Å². The van der Waals surface area contributed by atoms with E-state index < -0.39 is 0 Å². The molecule has 0 bridgehead atoms. The lowest BCUT2D eigenvalue weighted by molar-refractivity contribution is 0.589. The first kappa shape index (κ1) is 16.9. The number of fused-ring (bicyclic) bond motifs is 1. The highest BCUT2D eigenvalue weighted by Crippen LogP contribution is 2.23. The molecule has 2 aromatic rings. The van der Waals surface area contributed by atoms with E-state index in [4.69, 9.17) is 9.97 Å². The average Bonchev–Trinajstić information content (AvgIpc) is 2.76. The van der Waals surface area contributed by atoms with Crippen molar-refractivity contribution < 1.29 is 0 Å². The number of rotatable bonds is 5. The summed E-state index contributed by atoms with van der Waals surface area (Å²) in [6.45, 7) is 10.0. The van der Waals surface area contributed by atoms with Crippen LogP contribution in [0.3, 0.4) is 0 Å². The summed E-state index contributed by atoms with van der Waals surface area (Å²) in [5, 5.41) is 8.02. The van der Waals surface area contributed by atoms with Crippen molar-refractivity contribution in [3.05, 3.63) is 34.5 Å². The van der Waals surface area contributed by atoms with Crippen LogP contribution in [0.1, 0.15) is 35.4 Å². The molecule has 6 heteroatoms. The van der Waals surface area contributed by atoms with E-state index in [1.165, 1.54) is 17.0 Å². The topological polar surface area (TPSA) is 58.9 Å². The summed E-state index contributed by atoms with van der Waals surface area (Å²) < 4.78 is 2.08. The Balaban J connectivity index is 1.82. The molecule has 1 N–H and O–H groups in total. The van der Waals surface area contributed by atoms with Gasteiger partial charge in [0.15, 0.2) is 0 Å². The maximum Gasteiger partial charge on any atom is 0.135 e. The van der Waals surface area contributed by atoms with E-state index in [0.29, 0.717) is 0 Å². The third-order valence-electron chi connectivity index (χ3n) is 4.64. The van der Waals surface area contributed by atoms with Gasteiger partial charge in [-0.1, -0.05) is 6.92 Å². The number of nitrogens with one attached hydrogen (secondary N) is 1. The Bertz CT molecular complexity index is 706. The van der Waals surface area contributed by atoms with Crippen molar-refractivity contribution >= 4 is 5.82 Å². The van der Waals surface area contributed by atoms with Crippen LogP contribution >= 0.6 is 0 Å². The summed E-state index contributed by atoms with van der Waals surface area (Å²) in [4.78, 5) is 11.9. The number of nitrogens with zero attached hydrogens (tertiary/aromatic N) is 5. The first-order valence-corrected chi connectivity index (χ1v) is 8.90. The molecule has 24 heavy (non-hydrogen) atoms. The highest BCUT2D eigenvalue weighted by molar-refractivity contribution is 5.49. The van der Waals surface area contributed by atoms with Crippen LogP contribution in [-0.2, 0) is 25.8 Å². The molecule has 0 aromatic carbocycles. The van der Waals surface area contributed by atoms with Gasteiger partial charge in [0.1, 0.15) is 11.6 Å². The molecule has 6 nitrogen and oxygen atoms in total. The zero-order chi connectivity index (χ0) is 17.1. The quantitative estimate of drug-likeness (QED) is 0.905. The Labute approximate surface area is 144 Å². The van der Waals surface area contributed by atoms with E-state index in [2.05, 4.69) is 47.0 Å². The number of hydrogen-bond donors (Lipinski definition) is 1. The minimum absolute atomic E-state index is 0.870. The van der Waals surface area contributed by atoms with Crippen molar-refractivity contribution in [2.24, 2.45) is 0 Å². The molecule has 2 aromatic heterocycles. The molecule has 1 aliphatic rings. The Morgan fingerprint density at radius 2 is 2.00 bits per heavy atom. The van der Waals surface area contributed by atoms with Crippen LogP contribution in [0.5, 0.6) is 0 Å². The predicted molar refractivity (Wildman–Crippen MR) is 96.7 cm³/mol. The van der Waals surface area contributed by atoms with Gasteiger partial charge in [0.2, 0.25) is 0 Å². The van der Waals surface area contributed by atoms with Gasteiger partial charge >= 0.3 is 0 Å². The van der Waals surface area contributed by atoms with Gasteiger partial charge in [-0.2, -0.15) is 5.10 Å². The van der Waals surface area contributed by atoms with Gasteiger partial charge < -0.3 is 10.2 Å². The predicted octanol–water partition coefficient (Wildman–Crippen LogP) is 1.68. The first-order valence-electron chi connectivity index (χ1n) is 8.90. The van der Waals surface area contributed by atoms with Crippen molar-refractivity contribution in [1.82, 2.24) is 25.1 Å². The molecule has 0 saturated heterocycles. The van der Waals surface area contributed by atoms with Crippen LogP contribution in [0.2, 0.25) is 0 Å². The largest absolute Gasteiger partial charge is 0.357 e. The zero-order valence-corrected chi connectivity index (χ0v) is 15.3. The Morgan fingerprint density at radius 3 is 2.71 bits per heavy atom. The summed E-state index contributed by atoms with van der Waals surface area (Å²) in [5.41, 5.74) is 4.82. The second-order valence-corrected chi connectivity index (χ2v) is 6.56. The molecule has 3 heterocycles. The number of hydrogen-bond acceptors (Lipinski definition) is 5. The lowest BCUT2D eigenvalue weighted by Gasteiger charge is -2.23. The standard InChI is InChI=1S/C18H28N6/c1-5-17-20-16-7-9-19-8-6-15(16)18(21-17)23(4)10-11-24-14(3)12-13(2)22-24/h12,19H,5-11H2,1-4H3. The molecule has 0 unspecified atom stereocenters. The second kappa shape index (κ2) is 7.30. The van der Waals surface area contributed by atoms with Crippen molar-refractivity contribution in [2.45, 2.75) is 46.6 Å². The molecule has 0 atom stereocenters. The van der Waals surface area contributed by atoms with Crippen molar-refractivity contribution in [3.8, 4) is 0 Å². The third-order valence-corrected chi connectivity index (χ3v) is 4.64. The smallest absolute Gasteiger partial charge is 0.135 e. The summed E-state index contributed by atoms with van der Waals surface area (Å²) in [5.74, 6) is 2.05. The summed E-state index contributed by atoms with van der Waals surface area (Å²) in [6, 6.07) is 2.12. The first-order chi connectivity index (χ1) is 11.6. The number of aryl methyl sites for hydroxylation is 3. The van der Waals surface area contributed by atoms with Crippen LogP contribution in [0, 0.1) is 13.8 Å². The molecule has 0 radical (unpaired) electrons. The van der Waals surface area contributed by atoms with Crippen LogP contribution in [0.15, 0.2) is 6.07 Å². The van der Waals surface area contributed by atoms with E-state index in [0.717, 1.165) is 62.8 Å². The third kappa shape index (κ3) is 3.59.